The van der Waals surface area contributed by atoms with Gasteiger partial charge in [0, 0.05) is 49.1 Å². The van der Waals surface area contributed by atoms with E-state index in [2.05, 4.69) is 20.6 Å². The quantitative estimate of drug-likeness (QED) is 0.0764. The van der Waals surface area contributed by atoms with Crippen molar-refractivity contribution in [3.8, 4) is 5.75 Å². The van der Waals surface area contributed by atoms with Gasteiger partial charge in [0.25, 0.3) is 10.0 Å². The highest BCUT2D eigenvalue weighted by Crippen LogP contribution is 2.44. The number of fused-ring (bicyclic) bond motifs is 2. The maximum absolute atomic E-state index is 13.9. The van der Waals surface area contributed by atoms with Gasteiger partial charge in [0.05, 0.1) is 10.9 Å². The zero-order valence-electron chi connectivity index (χ0n) is 31.3. The topological polar surface area (TPSA) is 222 Å². The zero-order chi connectivity index (χ0) is 38.7. The Balaban J connectivity index is 1.49. The number of carbonyl (C=O) groups excluding carboxylic acids is 2. The number of nitrogens with two attached hydrogens (primary N) is 2. The number of para-hydroxylation sites is 1. The van der Waals surface area contributed by atoms with E-state index in [9.17, 15) is 27.9 Å². The lowest BCUT2D eigenvalue weighted by molar-refractivity contribution is -0.142. The molecule has 2 heterocycles. The van der Waals surface area contributed by atoms with Gasteiger partial charge in [0.2, 0.25) is 17.8 Å². The highest BCUT2D eigenvalue weighted by atomic mass is 32.2. The van der Waals surface area contributed by atoms with Crippen LogP contribution in [0.1, 0.15) is 74.8 Å². The number of H-pyrrole nitrogens is 1. The monoisotopic (exact) mass is 739 g/mol. The molecule has 3 atom stereocenters. The average molecular weight is 740 g/mol. The lowest BCUT2D eigenvalue weighted by Gasteiger charge is -2.24. The van der Waals surface area contributed by atoms with E-state index >= 15 is 0 Å². The minimum Gasteiger partial charge on any atom is -0.487 e. The summed E-state index contributed by atoms with van der Waals surface area (Å²) < 4.78 is 34.9. The molecule has 0 saturated heterocycles. The molecule has 0 bridgehead atoms. The molecule has 8 N–H and O–H groups in total. The van der Waals surface area contributed by atoms with E-state index in [1.807, 2.05) is 58.9 Å². The average Bonchev–Trinajstić information content (AvgIpc) is 3.63. The first-order valence-corrected chi connectivity index (χ1v) is 18.9. The van der Waals surface area contributed by atoms with Crippen LogP contribution in [0.5, 0.6) is 5.75 Å². The molecule has 2 amide bonds. The standard InChI is InChI=1S/C37H53N7O7S/c1-20(2)16-27(38)33(45)42-29(34(46)43-30(35(47)48)17-24-19-41-28-13-10-9-12-25(24)28)14-11-15-40-36(39)44(8)52(49,50)32-22(4)21(3)31-26(23(32)5)18-37(6,7)51-31/h9-10,12-13,19-20,27,29-30,41H,11,14-18,38H2,1-8H3,(H2,39,40)(H,42,45)(H,43,46)(H,47,48)/t27-,29-,30-/m0/s1. The van der Waals surface area contributed by atoms with E-state index in [0.29, 0.717) is 35.3 Å². The largest absolute Gasteiger partial charge is 0.487 e. The number of carbonyl (C=O) groups is 3. The van der Waals surface area contributed by atoms with Crippen LogP contribution >= 0.6 is 0 Å². The molecule has 3 aromatic rings. The van der Waals surface area contributed by atoms with Gasteiger partial charge in [-0.1, -0.05) is 32.0 Å². The molecule has 2 aromatic carbocycles. The van der Waals surface area contributed by atoms with E-state index in [1.54, 1.807) is 20.0 Å². The van der Waals surface area contributed by atoms with Crippen molar-refractivity contribution in [1.29, 1.82) is 0 Å². The molecule has 14 nitrogen and oxygen atoms in total. The Hall–Kier alpha value is -4.63. The zero-order valence-corrected chi connectivity index (χ0v) is 32.1. The summed E-state index contributed by atoms with van der Waals surface area (Å²) in [4.78, 5) is 46.4. The van der Waals surface area contributed by atoms with Crippen LogP contribution in [0.2, 0.25) is 0 Å². The van der Waals surface area contributed by atoms with Gasteiger partial charge in [-0.2, -0.15) is 0 Å². The number of hydrogen-bond donors (Lipinski definition) is 6. The van der Waals surface area contributed by atoms with Crippen LogP contribution < -0.4 is 26.8 Å². The Kier molecular flexibility index (Phi) is 12.3. The van der Waals surface area contributed by atoms with Crippen LogP contribution in [0, 0.1) is 26.7 Å². The van der Waals surface area contributed by atoms with Crippen LogP contribution in [-0.4, -0.2) is 83.9 Å². The summed E-state index contributed by atoms with van der Waals surface area (Å²) in [6.45, 7) is 13.1. The van der Waals surface area contributed by atoms with Gasteiger partial charge in [0.1, 0.15) is 23.4 Å². The second-order valence-corrected chi connectivity index (χ2v) is 16.6. The first-order valence-electron chi connectivity index (χ1n) is 17.5. The number of aliphatic imine (C=N–C) groups is 1. The Morgan fingerprint density at radius 1 is 1.06 bits per heavy atom. The van der Waals surface area contributed by atoms with Gasteiger partial charge >= 0.3 is 5.97 Å². The van der Waals surface area contributed by atoms with Crippen LogP contribution in [-0.2, 0) is 37.2 Å². The normalized spacial score (nSPS) is 15.8. The van der Waals surface area contributed by atoms with Crippen molar-refractivity contribution in [3.63, 3.8) is 0 Å². The fourth-order valence-electron chi connectivity index (χ4n) is 6.64. The molecule has 0 spiro atoms. The molecule has 284 valence electrons. The summed E-state index contributed by atoms with van der Waals surface area (Å²) in [5, 5.41) is 16.1. The molecular formula is C37H53N7O7S. The Labute approximate surface area is 305 Å². The first kappa shape index (κ1) is 40.1. The fraction of sp³-hybridized carbons (Fsp3) is 0.514. The summed E-state index contributed by atoms with van der Waals surface area (Å²) in [6.07, 6.45) is 2.92. The highest BCUT2D eigenvalue weighted by Gasteiger charge is 2.38. The number of guanidine groups is 1. The minimum atomic E-state index is -4.11. The predicted octanol–water partition coefficient (Wildman–Crippen LogP) is 3.19. The second-order valence-electron chi connectivity index (χ2n) is 14.7. The van der Waals surface area contributed by atoms with Crippen molar-refractivity contribution in [1.82, 2.24) is 19.9 Å². The van der Waals surface area contributed by atoms with Gasteiger partial charge in [-0.25, -0.2) is 17.5 Å². The van der Waals surface area contributed by atoms with Crippen molar-refractivity contribution >= 4 is 44.7 Å². The molecular weight excluding hydrogens is 687 g/mol. The number of aromatic amines is 1. The van der Waals surface area contributed by atoms with Crippen LogP contribution in [0.4, 0.5) is 0 Å². The number of hydrogen-bond acceptors (Lipinski definition) is 8. The third kappa shape index (κ3) is 8.87. The summed E-state index contributed by atoms with van der Waals surface area (Å²) >= 11 is 0. The lowest BCUT2D eigenvalue weighted by Crippen LogP contribution is -2.55. The van der Waals surface area contributed by atoms with Gasteiger partial charge in [-0.15, -0.1) is 0 Å². The molecule has 1 aromatic heterocycles. The van der Waals surface area contributed by atoms with Crippen LogP contribution in [0.25, 0.3) is 10.9 Å². The molecule has 4 rings (SSSR count). The summed E-state index contributed by atoms with van der Waals surface area (Å²) in [6, 6.07) is 4.13. The fourth-order valence-corrected chi connectivity index (χ4v) is 8.26. The highest BCUT2D eigenvalue weighted by molar-refractivity contribution is 7.89. The molecule has 0 radical (unpaired) electrons. The molecule has 0 fully saturated rings. The number of carboxylic acids is 1. The van der Waals surface area contributed by atoms with E-state index in [0.717, 1.165) is 26.3 Å². The maximum atomic E-state index is 13.9. The Bertz CT molecular complexity index is 1970. The molecule has 0 unspecified atom stereocenters. The van der Waals surface area contributed by atoms with E-state index in [1.165, 1.54) is 7.05 Å². The van der Waals surface area contributed by atoms with E-state index < -0.39 is 51.5 Å². The summed E-state index contributed by atoms with van der Waals surface area (Å²) in [5.74, 6) is -1.88. The van der Waals surface area contributed by atoms with Gasteiger partial charge < -0.3 is 36.9 Å². The molecule has 0 saturated carbocycles. The van der Waals surface area contributed by atoms with E-state index in [-0.39, 0.29) is 42.6 Å². The minimum absolute atomic E-state index is 0.00767. The van der Waals surface area contributed by atoms with Crippen molar-refractivity contribution in [2.24, 2.45) is 22.4 Å². The van der Waals surface area contributed by atoms with E-state index in [4.69, 9.17) is 16.2 Å². The van der Waals surface area contributed by atoms with Crippen LogP contribution in [0.3, 0.4) is 0 Å². The first-order chi connectivity index (χ1) is 24.2. The third-order valence-electron chi connectivity index (χ3n) is 9.57. The molecule has 0 aliphatic carbocycles. The van der Waals surface area contributed by atoms with Crippen molar-refractivity contribution in [2.45, 2.75) is 109 Å². The molecule has 1 aliphatic heterocycles. The van der Waals surface area contributed by atoms with Gasteiger partial charge in [-0.3, -0.25) is 14.6 Å². The molecule has 15 heteroatoms. The number of aliphatic carboxylic acids is 1. The number of nitrogens with one attached hydrogen (secondary N) is 3. The predicted molar refractivity (Wildman–Crippen MR) is 201 cm³/mol. The van der Waals surface area contributed by atoms with Gasteiger partial charge in [-0.05, 0) is 88.1 Å². The third-order valence-corrected chi connectivity index (χ3v) is 11.6. The summed E-state index contributed by atoms with van der Waals surface area (Å²) in [7, 11) is -2.78. The Morgan fingerprint density at radius 3 is 2.37 bits per heavy atom. The molecule has 52 heavy (non-hydrogen) atoms. The van der Waals surface area contributed by atoms with Crippen molar-refractivity contribution in [3.05, 3.63) is 58.3 Å². The number of carboxylic acid groups (broad SMARTS) is 1. The number of sulfonamides is 1. The number of amides is 2. The van der Waals surface area contributed by atoms with Crippen molar-refractivity contribution < 1.29 is 32.6 Å². The number of ether oxygens (including phenoxy) is 1. The summed E-state index contributed by atoms with van der Waals surface area (Å²) in [5.41, 5.74) is 16.2. The second kappa shape index (κ2) is 15.9. The Morgan fingerprint density at radius 2 is 1.71 bits per heavy atom. The number of benzene rings is 2. The number of rotatable bonds is 15. The van der Waals surface area contributed by atoms with Crippen LogP contribution in [0.15, 0.2) is 40.4 Å². The SMILES string of the molecule is Cc1c(C)c(S(=O)(=O)N(C)C(N)=NCCC[C@H](NC(=O)[C@@H](N)CC(C)C)C(=O)N[C@@H](Cc2c[nH]c3ccccc23)C(=O)O)c(C)c2c1OC(C)(C)C2. The molecule has 1 aliphatic rings. The number of aromatic nitrogens is 1. The maximum Gasteiger partial charge on any atom is 0.326 e. The van der Waals surface area contributed by atoms with Crippen molar-refractivity contribution in [2.75, 3.05) is 13.6 Å². The number of nitrogens with zero attached hydrogens (tertiary/aromatic N) is 2. The smallest absolute Gasteiger partial charge is 0.326 e. The van der Waals surface area contributed by atoms with Gasteiger partial charge in [0.15, 0.2) is 0 Å². The lowest BCUT2D eigenvalue weighted by atomic mass is 9.94.